The number of aliphatic hydroxyl groups excluding tert-OH is 1. The number of hydrogen-bond donors (Lipinski definition) is 4. The van der Waals surface area contributed by atoms with Crippen LogP contribution < -0.4 is 16.4 Å². The molecule has 23 heavy (non-hydrogen) atoms. The van der Waals surface area contributed by atoms with Crippen LogP contribution in [0.15, 0.2) is 24.3 Å². The molecule has 5 N–H and O–H groups in total. The number of primary amides is 1. The fraction of sp³-hybridized carbons (Fsp3) is 0.400. The minimum atomic E-state index is -1.44. The number of nitrogens with one attached hydrogen (secondary N) is 2. The lowest BCUT2D eigenvalue weighted by Crippen LogP contribution is -2.39. The van der Waals surface area contributed by atoms with E-state index in [1.165, 1.54) is 24.3 Å². The van der Waals surface area contributed by atoms with Crippen LogP contribution in [0.25, 0.3) is 0 Å². The number of amides is 3. The Labute approximate surface area is 134 Å². The van der Waals surface area contributed by atoms with Gasteiger partial charge in [-0.15, -0.1) is 0 Å². The summed E-state index contributed by atoms with van der Waals surface area (Å²) in [5, 5.41) is 14.1. The zero-order chi connectivity index (χ0) is 17.6. The van der Waals surface area contributed by atoms with E-state index in [0.29, 0.717) is 11.3 Å². The van der Waals surface area contributed by atoms with Crippen LogP contribution in [0.2, 0.25) is 0 Å². The van der Waals surface area contributed by atoms with Crippen LogP contribution in [0.1, 0.15) is 31.1 Å². The Balaban J connectivity index is 2.57. The molecule has 1 aromatic rings. The van der Waals surface area contributed by atoms with Gasteiger partial charge in [0, 0.05) is 11.3 Å². The van der Waals surface area contributed by atoms with Gasteiger partial charge in [-0.3, -0.25) is 14.9 Å². The fourth-order valence-electron chi connectivity index (χ4n) is 1.52. The highest BCUT2D eigenvalue weighted by atomic mass is 16.6. The van der Waals surface area contributed by atoms with E-state index in [0.717, 1.165) is 0 Å². The molecule has 8 heteroatoms. The van der Waals surface area contributed by atoms with Crippen LogP contribution in [-0.4, -0.2) is 41.3 Å². The molecule has 0 aliphatic rings. The Morgan fingerprint density at radius 1 is 1.22 bits per heavy atom. The van der Waals surface area contributed by atoms with Crippen LogP contribution in [0.5, 0.6) is 0 Å². The molecule has 0 spiro atoms. The molecule has 0 bridgehead atoms. The largest absolute Gasteiger partial charge is 0.444 e. The van der Waals surface area contributed by atoms with E-state index in [4.69, 9.17) is 10.5 Å². The molecule has 0 aliphatic heterocycles. The molecule has 8 nitrogen and oxygen atoms in total. The highest BCUT2D eigenvalue weighted by molar-refractivity contribution is 5.95. The van der Waals surface area contributed by atoms with E-state index in [1.807, 2.05) is 0 Å². The highest BCUT2D eigenvalue weighted by Gasteiger charge is 2.16. The summed E-state index contributed by atoms with van der Waals surface area (Å²) in [6.45, 7) is 4.98. The molecule has 0 fully saturated rings. The first-order chi connectivity index (χ1) is 10.6. The summed E-state index contributed by atoms with van der Waals surface area (Å²) in [4.78, 5) is 34.1. The maximum Gasteiger partial charge on any atom is 0.412 e. The van der Waals surface area contributed by atoms with Crippen LogP contribution in [-0.2, 0) is 9.53 Å². The average molecular weight is 323 g/mol. The van der Waals surface area contributed by atoms with Crippen molar-refractivity contribution >= 4 is 23.6 Å². The number of benzene rings is 1. The number of anilines is 1. The molecular weight excluding hydrogens is 302 g/mol. The van der Waals surface area contributed by atoms with Gasteiger partial charge in [0.05, 0.1) is 6.54 Å². The quantitative estimate of drug-likeness (QED) is 0.630. The van der Waals surface area contributed by atoms with Crippen LogP contribution in [0.4, 0.5) is 10.5 Å². The van der Waals surface area contributed by atoms with Crippen LogP contribution >= 0.6 is 0 Å². The molecule has 1 rings (SSSR count). The Hall–Kier alpha value is -2.61. The topological polar surface area (TPSA) is 131 Å². The minimum absolute atomic E-state index is 0.272. The zero-order valence-electron chi connectivity index (χ0n) is 13.3. The third kappa shape index (κ3) is 6.79. The highest BCUT2D eigenvalue weighted by Crippen LogP contribution is 2.13. The molecule has 0 saturated heterocycles. The summed E-state index contributed by atoms with van der Waals surface area (Å²) in [7, 11) is 0. The Morgan fingerprint density at radius 3 is 2.26 bits per heavy atom. The summed E-state index contributed by atoms with van der Waals surface area (Å²) in [5.74, 6) is -1.39. The molecule has 0 aromatic heterocycles. The number of nitrogens with two attached hydrogens (primary N) is 1. The lowest BCUT2D eigenvalue weighted by molar-refractivity contribution is -0.125. The summed E-state index contributed by atoms with van der Waals surface area (Å²) in [6.07, 6.45) is -2.04. The van der Waals surface area contributed by atoms with Gasteiger partial charge in [0.2, 0.25) is 5.91 Å². The van der Waals surface area contributed by atoms with Crippen molar-refractivity contribution in [2.24, 2.45) is 5.73 Å². The molecule has 3 amide bonds. The van der Waals surface area contributed by atoms with Gasteiger partial charge in [0.1, 0.15) is 11.7 Å². The lowest BCUT2D eigenvalue weighted by atomic mass is 10.2. The number of hydrogen-bond acceptors (Lipinski definition) is 5. The van der Waals surface area contributed by atoms with Crippen LogP contribution in [0.3, 0.4) is 0 Å². The van der Waals surface area contributed by atoms with Gasteiger partial charge in [-0.05, 0) is 45.0 Å². The number of ether oxygens (including phenoxy) is 1. The Kier molecular flexibility index (Phi) is 6.09. The van der Waals surface area contributed by atoms with Gasteiger partial charge in [-0.2, -0.15) is 0 Å². The van der Waals surface area contributed by atoms with Crippen molar-refractivity contribution in [3.8, 4) is 0 Å². The number of carbonyl (C=O) groups is 3. The summed E-state index contributed by atoms with van der Waals surface area (Å²) in [5.41, 5.74) is 5.04. The van der Waals surface area contributed by atoms with Crippen molar-refractivity contribution in [2.75, 3.05) is 11.9 Å². The van der Waals surface area contributed by atoms with Crippen molar-refractivity contribution in [1.82, 2.24) is 5.32 Å². The van der Waals surface area contributed by atoms with Crippen molar-refractivity contribution < 1.29 is 24.2 Å². The van der Waals surface area contributed by atoms with E-state index in [1.54, 1.807) is 20.8 Å². The number of aliphatic hydroxyl groups is 1. The van der Waals surface area contributed by atoms with Crippen LogP contribution in [0, 0.1) is 0 Å². The van der Waals surface area contributed by atoms with Gasteiger partial charge in [0.15, 0.2) is 0 Å². The zero-order valence-corrected chi connectivity index (χ0v) is 13.3. The fourth-order valence-corrected chi connectivity index (χ4v) is 1.52. The SMILES string of the molecule is CC(C)(C)OC(=O)Nc1ccc(C(=O)NC[C@@H](O)C(N)=O)cc1. The van der Waals surface area contributed by atoms with Gasteiger partial charge in [-0.25, -0.2) is 4.79 Å². The van der Waals surface area contributed by atoms with E-state index in [-0.39, 0.29) is 6.54 Å². The van der Waals surface area contributed by atoms with Gasteiger partial charge in [0.25, 0.3) is 5.91 Å². The molecular formula is C15H21N3O5. The van der Waals surface area contributed by atoms with Crippen molar-refractivity contribution in [1.29, 1.82) is 0 Å². The first kappa shape index (κ1) is 18.4. The first-order valence-electron chi connectivity index (χ1n) is 6.94. The maximum absolute atomic E-state index is 11.8. The molecule has 0 unspecified atom stereocenters. The van der Waals surface area contributed by atoms with E-state index >= 15 is 0 Å². The molecule has 126 valence electrons. The van der Waals surface area contributed by atoms with Gasteiger partial charge in [-0.1, -0.05) is 0 Å². The molecule has 1 atom stereocenters. The number of carbonyl (C=O) groups excluding carboxylic acids is 3. The second kappa shape index (κ2) is 7.59. The first-order valence-corrected chi connectivity index (χ1v) is 6.94. The smallest absolute Gasteiger partial charge is 0.412 e. The standard InChI is InChI=1S/C15H21N3O5/c1-15(2,3)23-14(22)18-10-6-4-9(5-7-10)13(21)17-8-11(19)12(16)20/h4-7,11,19H,8H2,1-3H3,(H2,16,20)(H,17,21)(H,18,22)/t11-/m1/s1. The Morgan fingerprint density at radius 2 is 1.78 bits per heavy atom. The predicted molar refractivity (Wildman–Crippen MR) is 83.8 cm³/mol. The second-order valence-electron chi connectivity index (χ2n) is 5.83. The van der Waals surface area contributed by atoms with Gasteiger partial charge >= 0.3 is 6.09 Å². The van der Waals surface area contributed by atoms with Crippen molar-refractivity contribution in [2.45, 2.75) is 32.5 Å². The average Bonchev–Trinajstić information content (AvgIpc) is 2.42. The monoisotopic (exact) mass is 323 g/mol. The summed E-state index contributed by atoms with van der Waals surface area (Å²) < 4.78 is 5.11. The van der Waals surface area contributed by atoms with E-state index in [9.17, 15) is 19.5 Å². The molecule has 0 heterocycles. The Bertz CT molecular complexity index is 578. The molecule has 0 aliphatic carbocycles. The van der Waals surface area contributed by atoms with E-state index < -0.39 is 29.6 Å². The normalized spacial score (nSPS) is 12.2. The predicted octanol–water partition coefficient (Wildman–Crippen LogP) is 0.610. The lowest BCUT2D eigenvalue weighted by Gasteiger charge is -2.19. The summed E-state index contributed by atoms with van der Waals surface area (Å²) >= 11 is 0. The summed E-state index contributed by atoms with van der Waals surface area (Å²) in [6, 6.07) is 6.03. The van der Waals surface area contributed by atoms with Crippen molar-refractivity contribution in [3.05, 3.63) is 29.8 Å². The minimum Gasteiger partial charge on any atom is -0.444 e. The third-order valence-electron chi connectivity index (χ3n) is 2.58. The van der Waals surface area contributed by atoms with Crippen molar-refractivity contribution in [3.63, 3.8) is 0 Å². The molecule has 1 aromatic carbocycles. The molecule has 0 radical (unpaired) electrons. The third-order valence-corrected chi connectivity index (χ3v) is 2.58. The maximum atomic E-state index is 11.8. The second-order valence-corrected chi connectivity index (χ2v) is 5.83. The number of rotatable bonds is 5. The molecule has 0 saturated carbocycles. The van der Waals surface area contributed by atoms with Gasteiger partial charge < -0.3 is 20.9 Å². The van der Waals surface area contributed by atoms with E-state index in [2.05, 4.69) is 10.6 Å².